The lowest BCUT2D eigenvalue weighted by Crippen LogP contribution is -2.34. The zero-order valence-corrected chi connectivity index (χ0v) is 12.5. The van der Waals surface area contributed by atoms with Gasteiger partial charge in [0.2, 0.25) is 0 Å². The van der Waals surface area contributed by atoms with Gasteiger partial charge in [-0.05, 0) is 48.4 Å². The highest BCUT2D eigenvalue weighted by molar-refractivity contribution is 5.49. The topological polar surface area (TPSA) is 29.3 Å². The SMILES string of the molecule is NCc1cccc(N2CCC(Cc3ccccc3)CC2)c1. The van der Waals surface area contributed by atoms with Crippen molar-refractivity contribution in [3.8, 4) is 0 Å². The molecule has 0 atom stereocenters. The Hall–Kier alpha value is -1.80. The lowest BCUT2D eigenvalue weighted by atomic mass is 9.90. The molecule has 1 aliphatic heterocycles. The molecule has 1 fully saturated rings. The molecule has 2 aromatic carbocycles. The molecule has 1 heterocycles. The summed E-state index contributed by atoms with van der Waals surface area (Å²) in [6.07, 6.45) is 3.78. The number of rotatable bonds is 4. The summed E-state index contributed by atoms with van der Waals surface area (Å²) in [5, 5.41) is 0. The Morgan fingerprint density at radius 2 is 1.62 bits per heavy atom. The fourth-order valence-electron chi connectivity index (χ4n) is 3.22. The fraction of sp³-hybridized carbons (Fsp3) is 0.368. The van der Waals surface area contributed by atoms with Crippen molar-refractivity contribution in [2.45, 2.75) is 25.8 Å². The summed E-state index contributed by atoms with van der Waals surface area (Å²) in [7, 11) is 0. The highest BCUT2D eigenvalue weighted by atomic mass is 15.1. The molecule has 0 aliphatic carbocycles. The van der Waals surface area contributed by atoms with E-state index in [1.165, 1.54) is 36.1 Å². The molecule has 110 valence electrons. The van der Waals surface area contributed by atoms with E-state index in [1.807, 2.05) is 0 Å². The van der Waals surface area contributed by atoms with E-state index in [0.29, 0.717) is 6.54 Å². The summed E-state index contributed by atoms with van der Waals surface area (Å²) in [4.78, 5) is 2.50. The molecule has 2 N–H and O–H groups in total. The summed E-state index contributed by atoms with van der Waals surface area (Å²) in [6, 6.07) is 19.5. The minimum absolute atomic E-state index is 0.623. The predicted octanol–water partition coefficient (Wildman–Crippen LogP) is 3.60. The Balaban J connectivity index is 1.57. The first kappa shape index (κ1) is 14.2. The maximum Gasteiger partial charge on any atom is 0.0369 e. The molecule has 0 bridgehead atoms. The van der Waals surface area contributed by atoms with Crippen LogP contribution in [0.2, 0.25) is 0 Å². The van der Waals surface area contributed by atoms with Gasteiger partial charge in [-0.15, -0.1) is 0 Å². The van der Waals surface area contributed by atoms with Gasteiger partial charge in [0.25, 0.3) is 0 Å². The van der Waals surface area contributed by atoms with Gasteiger partial charge in [-0.25, -0.2) is 0 Å². The minimum Gasteiger partial charge on any atom is -0.372 e. The van der Waals surface area contributed by atoms with Crippen molar-refractivity contribution >= 4 is 5.69 Å². The quantitative estimate of drug-likeness (QED) is 0.927. The number of benzene rings is 2. The van der Waals surface area contributed by atoms with Gasteiger partial charge in [-0.1, -0.05) is 42.5 Å². The summed E-state index contributed by atoms with van der Waals surface area (Å²) >= 11 is 0. The van der Waals surface area contributed by atoms with Gasteiger partial charge in [0.1, 0.15) is 0 Å². The third-order valence-corrected chi connectivity index (χ3v) is 4.49. The van der Waals surface area contributed by atoms with Crippen LogP contribution in [0.4, 0.5) is 5.69 Å². The molecule has 0 amide bonds. The van der Waals surface area contributed by atoms with E-state index < -0.39 is 0 Å². The average Bonchev–Trinajstić information content (AvgIpc) is 2.56. The predicted molar refractivity (Wildman–Crippen MR) is 89.4 cm³/mol. The molecule has 0 unspecified atom stereocenters. The van der Waals surface area contributed by atoms with E-state index in [9.17, 15) is 0 Å². The Labute approximate surface area is 127 Å². The number of nitrogens with zero attached hydrogens (tertiary/aromatic N) is 1. The first-order chi connectivity index (χ1) is 10.3. The molecule has 0 saturated carbocycles. The summed E-state index contributed by atoms with van der Waals surface area (Å²) in [5.74, 6) is 0.821. The van der Waals surface area contributed by atoms with Gasteiger partial charge in [0.15, 0.2) is 0 Å². The van der Waals surface area contributed by atoms with Gasteiger partial charge in [-0.2, -0.15) is 0 Å². The van der Waals surface area contributed by atoms with Crippen LogP contribution >= 0.6 is 0 Å². The molecule has 0 spiro atoms. The number of hydrogen-bond acceptors (Lipinski definition) is 2. The number of anilines is 1. The Kier molecular flexibility index (Phi) is 4.56. The van der Waals surface area contributed by atoms with E-state index in [4.69, 9.17) is 5.73 Å². The van der Waals surface area contributed by atoms with Gasteiger partial charge < -0.3 is 10.6 Å². The third kappa shape index (κ3) is 3.64. The van der Waals surface area contributed by atoms with Crippen LogP contribution in [-0.4, -0.2) is 13.1 Å². The summed E-state index contributed by atoms with van der Waals surface area (Å²) in [6.45, 7) is 2.94. The molecular formula is C19H24N2. The molecule has 3 rings (SSSR count). The standard InChI is InChI=1S/C19H24N2/c20-15-18-7-4-8-19(14-18)21-11-9-17(10-12-21)13-16-5-2-1-3-6-16/h1-8,14,17H,9-13,15,20H2. The second kappa shape index (κ2) is 6.77. The largest absolute Gasteiger partial charge is 0.372 e. The van der Waals surface area contributed by atoms with E-state index >= 15 is 0 Å². The maximum absolute atomic E-state index is 5.74. The van der Waals surface area contributed by atoms with Crippen molar-refractivity contribution in [2.24, 2.45) is 11.7 Å². The van der Waals surface area contributed by atoms with Crippen molar-refractivity contribution in [1.82, 2.24) is 0 Å². The molecular weight excluding hydrogens is 256 g/mol. The Bertz CT molecular complexity index is 557. The van der Waals surface area contributed by atoms with Crippen molar-refractivity contribution in [1.29, 1.82) is 0 Å². The van der Waals surface area contributed by atoms with E-state index in [0.717, 1.165) is 19.0 Å². The summed E-state index contributed by atoms with van der Waals surface area (Å²) < 4.78 is 0. The number of piperidine rings is 1. The van der Waals surface area contributed by atoms with Gasteiger partial charge in [0, 0.05) is 25.3 Å². The first-order valence-corrected chi connectivity index (χ1v) is 7.93. The van der Waals surface area contributed by atoms with Crippen LogP contribution in [0, 0.1) is 5.92 Å². The van der Waals surface area contributed by atoms with Gasteiger partial charge >= 0.3 is 0 Å². The zero-order valence-electron chi connectivity index (χ0n) is 12.5. The number of hydrogen-bond donors (Lipinski definition) is 1. The van der Waals surface area contributed by atoms with Crippen LogP contribution in [0.25, 0.3) is 0 Å². The van der Waals surface area contributed by atoms with Crippen LogP contribution in [0.3, 0.4) is 0 Å². The lowest BCUT2D eigenvalue weighted by molar-refractivity contribution is 0.403. The smallest absolute Gasteiger partial charge is 0.0369 e. The summed E-state index contributed by atoms with van der Waals surface area (Å²) in [5.41, 5.74) is 9.76. The molecule has 21 heavy (non-hydrogen) atoms. The molecule has 2 aromatic rings. The van der Waals surface area contributed by atoms with E-state index in [2.05, 4.69) is 59.5 Å². The average molecular weight is 280 g/mol. The van der Waals surface area contributed by atoms with Crippen LogP contribution in [0.5, 0.6) is 0 Å². The second-order valence-electron chi connectivity index (χ2n) is 5.99. The highest BCUT2D eigenvalue weighted by Gasteiger charge is 2.19. The maximum atomic E-state index is 5.74. The van der Waals surface area contributed by atoms with Crippen LogP contribution < -0.4 is 10.6 Å². The Morgan fingerprint density at radius 3 is 2.33 bits per heavy atom. The molecule has 0 aromatic heterocycles. The fourth-order valence-corrected chi connectivity index (χ4v) is 3.22. The lowest BCUT2D eigenvalue weighted by Gasteiger charge is -2.34. The van der Waals surface area contributed by atoms with Gasteiger partial charge in [0.05, 0.1) is 0 Å². The molecule has 1 aliphatic rings. The van der Waals surface area contributed by atoms with Crippen LogP contribution in [-0.2, 0) is 13.0 Å². The van der Waals surface area contributed by atoms with E-state index in [1.54, 1.807) is 0 Å². The first-order valence-electron chi connectivity index (χ1n) is 7.93. The molecule has 2 heteroatoms. The molecule has 1 saturated heterocycles. The second-order valence-corrected chi connectivity index (χ2v) is 5.99. The minimum atomic E-state index is 0.623. The van der Waals surface area contributed by atoms with Crippen molar-refractivity contribution in [2.75, 3.05) is 18.0 Å². The van der Waals surface area contributed by atoms with E-state index in [-0.39, 0.29) is 0 Å². The third-order valence-electron chi connectivity index (χ3n) is 4.49. The molecule has 0 radical (unpaired) electrons. The van der Waals surface area contributed by atoms with Crippen molar-refractivity contribution in [3.63, 3.8) is 0 Å². The monoisotopic (exact) mass is 280 g/mol. The van der Waals surface area contributed by atoms with Crippen LogP contribution in [0.1, 0.15) is 24.0 Å². The molecule has 2 nitrogen and oxygen atoms in total. The van der Waals surface area contributed by atoms with Crippen LogP contribution in [0.15, 0.2) is 54.6 Å². The van der Waals surface area contributed by atoms with Crippen molar-refractivity contribution in [3.05, 3.63) is 65.7 Å². The zero-order chi connectivity index (χ0) is 14.5. The highest BCUT2D eigenvalue weighted by Crippen LogP contribution is 2.26. The Morgan fingerprint density at radius 1 is 0.905 bits per heavy atom. The number of nitrogens with two attached hydrogens (primary N) is 1. The normalized spacial score (nSPS) is 16.1. The van der Waals surface area contributed by atoms with Gasteiger partial charge in [-0.3, -0.25) is 0 Å². The van der Waals surface area contributed by atoms with Crippen molar-refractivity contribution < 1.29 is 0 Å².